The Hall–Kier alpha value is -1.59. The first-order valence-electron chi connectivity index (χ1n) is 5.86. The highest BCUT2D eigenvalue weighted by Crippen LogP contribution is 2.17. The highest BCUT2D eigenvalue weighted by molar-refractivity contribution is 5.90. The lowest BCUT2D eigenvalue weighted by molar-refractivity contribution is 0.0401. The molecule has 0 amide bonds. The number of rotatable bonds is 9. The molecule has 0 aliphatic rings. The third-order valence-electron chi connectivity index (χ3n) is 2.18. The number of carboxylic acid groups (broad SMARTS) is 1. The molecule has 0 aromatic heterocycles. The van der Waals surface area contributed by atoms with Gasteiger partial charge in [0.25, 0.3) is 0 Å². The van der Waals surface area contributed by atoms with Gasteiger partial charge in [0.05, 0.1) is 19.8 Å². The summed E-state index contributed by atoms with van der Waals surface area (Å²) >= 11 is 0. The summed E-state index contributed by atoms with van der Waals surface area (Å²) < 4.78 is 15.7. The quantitative estimate of drug-likeness (QED) is 0.681. The summed E-state index contributed by atoms with van der Waals surface area (Å²) in [6.45, 7) is 4.38. The lowest BCUT2D eigenvalue weighted by Gasteiger charge is -2.09. The Morgan fingerprint density at radius 2 is 1.78 bits per heavy atom. The van der Waals surface area contributed by atoms with E-state index in [0.717, 1.165) is 0 Å². The molecule has 5 heteroatoms. The molecular formula is C13H18O5. The maximum Gasteiger partial charge on any atom is 0.339 e. The maximum absolute atomic E-state index is 10.9. The molecule has 0 saturated heterocycles. The molecule has 1 N–H and O–H groups in total. The van der Waals surface area contributed by atoms with Gasteiger partial charge in [-0.05, 0) is 19.1 Å². The number of carboxylic acids is 1. The van der Waals surface area contributed by atoms with Crippen LogP contribution in [0.4, 0.5) is 0 Å². The number of para-hydroxylation sites is 1. The lowest BCUT2D eigenvalue weighted by Crippen LogP contribution is -2.12. The van der Waals surface area contributed by atoms with Crippen molar-refractivity contribution < 1.29 is 24.1 Å². The highest BCUT2D eigenvalue weighted by atomic mass is 16.5. The van der Waals surface area contributed by atoms with Gasteiger partial charge in [0.15, 0.2) is 0 Å². The van der Waals surface area contributed by atoms with Crippen LogP contribution in [-0.2, 0) is 9.47 Å². The molecule has 1 rings (SSSR count). The minimum absolute atomic E-state index is 0.159. The van der Waals surface area contributed by atoms with Crippen LogP contribution in [0.2, 0.25) is 0 Å². The van der Waals surface area contributed by atoms with Gasteiger partial charge in [-0.3, -0.25) is 0 Å². The lowest BCUT2D eigenvalue weighted by atomic mass is 10.2. The molecule has 0 spiro atoms. The molecule has 1 aromatic carbocycles. The molecule has 5 nitrogen and oxygen atoms in total. The van der Waals surface area contributed by atoms with Crippen molar-refractivity contribution in [3.63, 3.8) is 0 Å². The molecule has 0 aliphatic carbocycles. The van der Waals surface area contributed by atoms with Crippen LogP contribution in [-0.4, -0.2) is 44.1 Å². The SMILES string of the molecule is CCOCCOCCOc1ccccc1C(=O)O. The smallest absolute Gasteiger partial charge is 0.339 e. The Morgan fingerprint density at radius 3 is 2.50 bits per heavy atom. The van der Waals surface area contributed by atoms with Crippen LogP contribution in [0, 0.1) is 0 Å². The molecule has 0 aliphatic heterocycles. The Labute approximate surface area is 106 Å². The van der Waals surface area contributed by atoms with Crippen molar-refractivity contribution in [3.05, 3.63) is 29.8 Å². The van der Waals surface area contributed by atoms with E-state index >= 15 is 0 Å². The average molecular weight is 254 g/mol. The van der Waals surface area contributed by atoms with E-state index in [1.807, 2.05) is 6.92 Å². The summed E-state index contributed by atoms with van der Waals surface area (Å²) in [6.07, 6.45) is 0. The van der Waals surface area contributed by atoms with Crippen LogP contribution in [0.25, 0.3) is 0 Å². The van der Waals surface area contributed by atoms with Crippen LogP contribution in [0.15, 0.2) is 24.3 Å². The fourth-order valence-corrected chi connectivity index (χ4v) is 1.34. The van der Waals surface area contributed by atoms with Gasteiger partial charge < -0.3 is 19.3 Å². The molecule has 0 unspecified atom stereocenters. The molecular weight excluding hydrogens is 236 g/mol. The topological polar surface area (TPSA) is 65.0 Å². The number of aromatic carboxylic acids is 1. The van der Waals surface area contributed by atoms with E-state index in [1.165, 1.54) is 6.07 Å². The van der Waals surface area contributed by atoms with Gasteiger partial charge in [0, 0.05) is 6.61 Å². The molecule has 0 fully saturated rings. The number of benzene rings is 1. The molecule has 18 heavy (non-hydrogen) atoms. The van der Waals surface area contributed by atoms with E-state index in [2.05, 4.69) is 0 Å². The van der Waals surface area contributed by atoms with Gasteiger partial charge >= 0.3 is 5.97 Å². The van der Waals surface area contributed by atoms with E-state index in [9.17, 15) is 4.79 Å². The molecule has 100 valence electrons. The molecule has 0 heterocycles. The van der Waals surface area contributed by atoms with E-state index in [0.29, 0.717) is 38.8 Å². The normalized spacial score (nSPS) is 10.3. The van der Waals surface area contributed by atoms with Crippen molar-refractivity contribution in [2.24, 2.45) is 0 Å². The first-order valence-corrected chi connectivity index (χ1v) is 5.86. The monoisotopic (exact) mass is 254 g/mol. The Balaban J connectivity index is 2.25. The van der Waals surface area contributed by atoms with Crippen LogP contribution in [0.1, 0.15) is 17.3 Å². The number of hydrogen-bond donors (Lipinski definition) is 1. The van der Waals surface area contributed by atoms with Crippen LogP contribution in [0.5, 0.6) is 5.75 Å². The second kappa shape index (κ2) is 8.49. The van der Waals surface area contributed by atoms with Crippen LogP contribution >= 0.6 is 0 Å². The summed E-state index contributed by atoms with van der Waals surface area (Å²) in [5.74, 6) is -0.638. The fraction of sp³-hybridized carbons (Fsp3) is 0.462. The van der Waals surface area contributed by atoms with Crippen LogP contribution in [0.3, 0.4) is 0 Å². The van der Waals surface area contributed by atoms with Crippen molar-refractivity contribution in [3.8, 4) is 5.75 Å². The van der Waals surface area contributed by atoms with E-state index in [1.54, 1.807) is 18.2 Å². The summed E-state index contributed by atoms with van der Waals surface area (Å²) in [5, 5.41) is 8.94. The third kappa shape index (κ3) is 5.16. The maximum atomic E-state index is 10.9. The molecule has 1 aromatic rings. The van der Waals surface area contributed by atoms with Crippen molar-refractivity contribution in [1.29, 1.82) is 0 Å². The van der Waals surface area contributed by atoms with Crippen molar-refractivity contribution in [2.75, 3.05) is 33.0 Å². The highest BCUT2D eigenvalue weighted by Gasteiger charge is 2.09. The van der Waals surface area contributed by atoms with Gasteiger partial charge in [-0.25, -0.2) is 4.79 Å². The zero-order valence-corrected chi connectivity index (χ0v) is 10.4. The Morgan fingerprint density at radius 1 is 1.11 bits per heavy atom. The average Bonchev–Trinajstić information content (AvgIpc) is 2.38. The largest absolute Gasteiger partial charge is 0.490 e. The number of carbonyl (C=O) groups is 1. The molecule has 0 bridgehead atoms. The van der Waals surface area contributed by atoms with Gasteiger partial charge in [-0.2, -0.15) is 0 Å². The summed E-state index contributed by atoms with van der Waals surface area (Å²) in [4.78, 5) is 10.9. The standard InChI is InChI=1S/C13H18O5/c1-2-16-7-8-17-9-10-18-12-6-4-3-5-11(12)13(14)15/h3-6H,2,7-10H2,1H3,(H,14,15). The van der Waals surface area contributed by atoms with E-state index in [-0.39, 0.29) is 5.56 Å². The zero-order chi connectivity index (χ0) is 13.2. The zero-order valence-electron chi connectivity index (χ0n) is 10.4. The Bertz CT molecular complexity index is 364. The molecule has 0 saturated carbocycles. The minimum Gasteiger partial charge on any atom is -0.490 e. The van der Waals surface area contributed by atoms with Gasteiger partial charge in [-0.1, -0.05) is 12.1 Å². The molecule has 0 radical (unpaired) electrons. The van der Waals surface area contributed by atoms with E-state index < -0.39 is 5.97 Å². The predicted molar refractivity (Wildman–Crippen MR) is 66.2 cm³/mol. The predicted octanol–water partition coefficient (Wildman–Crippen LogP) is 1.82. The summed E-state index contributed by atoms with van der Waals surface area (Å²) in [5.41, 5.74) is 0.159. The van der Waals surface area contributed by atoms with Gasteiger partial charge in [-0.15, -0.1) is 0 Å². The van der Waals surface area contributed by atoms with Crippen molar-refractivity contribution in [1.82, 2.24) is 0 Å². The number of hydrogen-bond acceptors (Lipinski definition) is 4. The second-order valence-corrected chi connectivity index (χ2v) is 3.46. The summed E-state index contributed by atoms with van der Waals surface area (Å²) in [6, 6.07) is 6.53. The minimum atomic E-state index is -0.997. The third-order valence-corrected chi connectivity index (χ3v) is 2.18. The van der Waals surface area contributed by atoms with Gasteiger partial charge in [0.1, 0.15) is 17.9 Å². The van der Waals surface area contributed by atoms with E-state index in [4.69, 9.17) is 19.3 Å². The fourth-order valence-electron chi connectivity index (χ4n) is 1.34. The van der Waals surface area contributed by atoms with Crippen LogP contribution < -0.4 is 4.74 Å². The molecule has 0 atom stereocenters. The Kier molecular flexibility index (Phi) is 6.83. The van der Waals surface area contributed by atoms with Gasteiger partial charge in [0.2, 0.25) is 0 Å². The first kappa shape index (κ1) is 14.5. The second-order valence-electron chi connectivity index (χ2n) is 3.46. The summed E-state index contributed by atoms with van der Waals surface area (Å²) in [7, 11) is 0. The number of ether oxygens (including phenoxy) is 3. The van der Waals surface area contributed by atoms with Crippen molar-refractivity contribution >= 4 is 5.97 Å². The van der Waals surface area contributed by atoms with Crippen molar-refractivity contribution in [2.45, 2.75) is 6.92 Å². The first-order chi connectivity index (χ1) is 8.75.